The van der Waals surface area contributed by atoms with Crippen molar-refractivity contribution in [2.75, 3.05) is 0 Å². The predicted octanol–water partition coefficient (Wildman–Crippen LogP) is 3.62. The molecule has 0 unspecified atom stereocenters. The number of amides is 2. The van der Waals surface area contributed by atoms with Crippen LogP contribution in [0.2, 0.25) is 0 Å². The summed E-state index contributed by atoms with van der Waals surface area (Å²) in [7, 11) is 0. The van der Waals surface area contributed by atoms with Gasteiger partial charge in [0.05, 0.1) is 10.5 Å². The lowest BCUT2D eigenvalue weighted by Crippen LogP contribution is -2.34. The number of rotatable bonds is 4. The number of carboxylic acid groups (broad SMARTS) is 1. The van der Waals surface area contributed by atoms with Crippen molar-refractivity contribution in [2.45, 2.75) is 19.9 Å². The number of carbonyl (C=O) groups is 3. The summed E-state index contributed by atoms with van der Waals surface area (Å²) in [5.41, 5.74) is 1.54. The number of aromatic nitrogens is 1. The lowest BCUT2D eigenvalue weighted by Gasteiger charge is -2.16. The Morgan fingerprint density at radius 1 is 1.20 bits per heavy atom. The van der Waals surface area contributed by atoms with Crippen molar-refractivity contribution in [3.8, 4) is 5.69 Å². The highest BCUT2D eigenvalue weighted by Gasteiger charge is 2.36. The maximum atomic E-state index is 12.4. The van der Waals surface area contributed by atoms with Crippen LogP contribution in [0, 0.1) is 0 Å². The Hall–Kier alpha value is -2.80. The number of carboxylic acids is 1. The third kappa shape index (κ3) is 3.23. The molecule has 1 aromatic heterocycles. The fourth-order valence-electron chi connectivity index (χ4n) is 2.59. The minimum absolute atomic E-state index is 0.178. The molecule has 6 nitrogen and oxygen atoms in total. The molecule has 2 amide bonds. The van der Waals surface area contributed by atoms with Gasteiger partial charge in [0, 0.05) is 23.6 Å². The van der Waals surface area contributed by atoms with E-state index >= 15 is 0 Å². The molecule has 3 rings (SSSR count). The second kappa shape index (κ2) is 6.60. The minimum atomic E-state index is -1.01. The van der Waals surface area contributed by atoms with Gasteiger partial charge in [-0.1, -0.05) is 6.07 Å². The first-order chi connectivity index (χ1) is 11.9. The Kier molecular flexibility index (Phi) is 4.50. The van der Waals surface area contributed by atoms with Gasteiger partial charge in [-0.05, 0) is 62.0 Å². The van der Waals surface area contributed by atoms with Crippen molar-refractivity contribution < 1.29 is 19.5 Å². The maximum absolute atomic E-state index is 12.4. The monoisotopic (exact) mass is 356 g/mol. The summed E-state index contributed by atoms with van der Waals surface area (Å²) >= 11 is 0.911. The second-order valence-electron chi connectivity index (χ2n) is 5.80. The van der Waals surface area contributed by atoms with Gasteiger partial charge < -0.3 is 9.67 Å². The molecule has 25 heavy (non-hydrogen) atoms. The first-order valence-corrected chi connectivity index (χ1v) is 8.48. The van der Waals surface area contributed by atoms with E-state index in [2.05, 4.69) is 0 Å². The number of carbonyl (C=O) groups excluding carboxylic acids is 2. The lowest BCUT2D eigenvalue weighted by atomic mass is 10.2. The molecule has 1 fully saturated rings. The van der Waals surface area contributed by atoms with Crippen molar-refractivity contribution in [1.82, 2.24) is 9.47 Å². The average Bonchev–Trinajstić information content (AvgIpc) is 3.12. The van der Waals surface area contributed by atoms with Crippen LogP contribution in [-0.2, 0) is 4.79 Å². The Morgan fingerprint density at radius 3 is 2.60 bits per heavy atom. The predicted molar refractivity (Wildman–Crippen MR) is 95.7 cm³/mol. The molecule has 0 saturated carbocycles. The van der Waals surface area contributed by atoms with Gasteiger partial charge >= 0.3 is 5.97 Å². The maximum Gasteiger partial charge on any atom is 0.335 e. The standard InChI is InChI=1S/C18H16N2O4S/c1-11(2)20-16(21)15(25-18(20)24)10-14-7-4-8-19(14)13-6-3-5-12(9-13)17(22)23/h3-11H,1-2H3,(H,22,23)/b15-10-. The summed E-state index contributed by atoms with van der Waals surface area (Å²) in [6.45, 7) is 3.58. The smallest absolute Gasteiger partial charge is 0.335 e. The molecule has 0 aliphatic carbocycles. The second-order valence-corrected chi connectivity index (χ2v) is 6.80. The van der Waals surface area contributed by atoms with E-state index in [1.807, 2.05) is 0 Å². The van der Waals surface area contributed by atoms with Gasteiger partial charge in [0.25, 0.3) is 11.1 Å². The molecule has 1 saturated heterocycles. The van der Waals surface area contributed by atoms with Crippen LogP contribution >= 0.6 is 11.8 Å². The molecule has 1 aromatic carbocycles. The van der Waals surface area contributed by atoms with Crippen molar-refractivity contribution in [1.29, 1.82) is 0 Å². The van der Waals surface area contributed by atoms with Crippen LogP contribution in [0.3, 0.4) is 0 Å². The van der Waals surface area contributed by atoms with E-state index < -0.39 is 5.97 Å². The van der Waals surface area contributed by atoms with Gasteiger partial charge in [-0.3, -0.25) is 14.5 Å². The van der Waals surface area contributed by atoms with Crippen LogP contribution < -0.4 is 0 Å². The topological polar surface area (TPSA) is 79.6 Å². The number of nitrogens with zero attached hydrogens (tertiary/aromatic N) is 2. The number of aromatic carboxylic acids is 1. The minimum Gasteiger partial charge on any atom is -0.478 e. The molecular formula is C18H16N2O4S. The lowest BCUT2D eigenvalue weighted by molar-refractivity contribution is -0.123. The number of imide groups is 1. The number of benzene rings is 1. The molecule has 0 atom stereocenters. The van der Waals surface area contributed by atoms with Gasteiger partial charge in [0.1, 0.15) is 0 Å². The Bertz CT molecular complexity index is 898. The normalized spacial score (nSPS) is 16.3. The SMILES string of the molecule is CC(C)N1C(=O)S/C(=C\c2cccn2-c2cccc(C(=O)O)c2)C1=O. The van der Waals surface area contributed by atoms with E-state index in [0.29, 0.717) is 16.3 Å². The highest BCUT2D eigenvalue weighted by atomic mass is 32.2. The quantitative estimate of drug-likeness (QED) is 0.847. The van der Waals surface area contributed by atoms with Gasteiger partial charge in [0.15, 0.2) is 0 Å². The molecule has 1 aliphatic rings. The molecule has 0 spiro atoms. The summed E-state index contributed by atoms with van der Waals surface area (Å²) in [5, 5.41) is 8.86. The van der Waals surface area contributed by atoms with Crippen LogP contribution in [-0.4, -0.2) is 37.7 Å². The van der Waals surface area contributed by atoms with Gasteiger partial charge in [-0.15, -0.1) is 0 Å². The fourth-order valence-corrected chi connectivity index (χ4v) is 3.54. The van der Waals surface area contributed by atoms with Crippen molar-refractivity contribution in [3.63, 3.8) is 0 Å². The van der Waals surface area contributed by atoms with E-state index in [0.717, 1.165) is 11.8 Å². The van der Waals surface area contributed by atoms with E-state index in [4.69, 9.17) is 5.11 Å². The zero-order valence-corrected chi connectivity index (χ0v) is 14.5. The number of hydrogen-bond donors (Lipinski definition) is 1. The third-order valence-electron chi connectivity index (χ3n) is 3.77. The molecule has 2 heterocycles. The molecule has 7 heteroatoms. The average molecular weight is 356 g/mol. The molecule has 2 aromatic rings. The fraction of sp³-hybridized carbons (Fsp3) is 0.167. The highest BCUT2D eigenvalue weighted by Crippen LogP contribution is 2.33. The summed E-state index contributed by atoms with van der Waals surface area (Å²) in [6.07, 6.45) is 3.43. The van der Waals surface area contributed by atoms with E-state index in [-0.39, 0.29) is 22.8 Å². The van der Waals surface area contributed by atoms with Gasteiger partial charge in [-0.25, -0.2) is 4.79 Å². The zero-order chi connectivity index (χ0) is 18.1. The largest absolute Gasteiger partial charge is 0.478 e. The van der Waals surface area contributed by atoms with Crippen LogP contribution in [0.1, 0.15) is 29.9 Å². The Balaban J connectivity index is 1.98. The van der Waals surface area contributed by atoms with Crippen LogP contribution in [0.5, 0.6) is 0 Å². The van der Waals surface area contributed by atoms with E-state index in [9.17, 15) is 14.4 Å². The van der Waals surface area contributed by atoms with Gasteiger partial charge in [-0.2, -0.15) is 0 Å². The Morgan fingerprint density at radius 2 is 1.96 bits per heavy atom. The summed E-state index contributed by atoms with van der Waals surface area (Å²) in [4.78, 5) is 37.1. The van der Waals surface area contributed by atoms with E-state index in [1.165, 1.54) is 11.0 Å². The van der Waals surface area contributed by atoms with Crippen LogP contribution in [0.4, 0.5) is 4.79 Å². The molecule has 1 aliphatic heterocycles. The van der Waals surface area contributed by atoms with Crippen molar-refractivity contribution >= 4 is 35.0 Å². The van der Waals surface area contributed by atoms with E-state index in [1.54, 1.807) is 61.0 Å². The summed E-state index contributed by atoms with van der Waals surface area (Å²) < 4.78 is 1.77. The number of thioether (sulfide) groups is 1. The number of hydrogen-bond acceptors (Lipinski definition) is 4. The van der Waals surface area contributed by atoms with Crippen molar-refractivity contribution in [2.24, 2.45) is 0 Å². The summed E-state index contributed by atoms with van der Waals surface area (Å²) in [5.74, 6) is -1.31. The third-order valence-corrected chi connectivity index (χ3v) is 4.65. The summed E-state index contributed by atoms with van der Waals surface area (Å²) in [6, 6.07) is 9.92. The molecule has 0 radical (unpaired) electrons. The van der Waals surface area contributed by atoms with Crippen LogP contribution in [0.15, 0.2) is 47.5 Å². The first kappa shape index (κ1) is 17.0. The molecule has 128 valence electrons. The zero-order valence-electron chi connectivity index (χ0n) is 13.7. The Labute approximate surface area is 148 Å². The van der Waals surface area contributed by atoms with Gasteiger partial charge in [0.2, 0.25) is 0 Å². The first-order valence-electron chi connectivity index (χ1n) is 7.66. The van der Waals surface area contributed by atoms with Crippen molar-refractivity contribution in [3.05, 3.63) is 58.8 Å². The van der Waals surface area contributed by atoms with Crippen LogP contribution in [0.25, 0.3) is 11.8 Å². The highest BCUT2D eigenvalue weighted by molar-refractivity contribution is 8.18. The molecule has 0 bridgehead atoms. The molecule has 1 N–H and O–H groups in total. The molecular weight excluding hydrogens is 340 g/mol.